The number of amides is 2. The first kappa shape index (κ1) is 15.2. The van der Waals surface area contributed by atoms with E-state index in [0.29, 0.717) is 22.6 Å². The van der Waals surface area contributed by atoms with Crippen molar-refractivity contribution in [1.29, 1.82) is 0 Å². The van der Waals surface area contributed by atoms with Crippen LogP contribution in [0.4, 0.5) is 5.69 Å². The van der Waals surface area contributed by atoms with Gasteiger partial charge < -0.3 is 15.8 Å². The summed E-state index contributed by atoms with van der Waals surface area (Å²) in [5.41, 5.74) is 6.57. The molecule has 112 valence electrons. The Kier molecular flexibility index (Phi) is 4.87. The number of carbonyl (C=O) groups excluding carboxylic acids is 3. The maximum absolute atomic E-state index is 11.7. The number of ether oxygens (including phenoxy) is 1. The minimum atomic E-state index is -0.528. The molecule has 0 aliphatic heterocycles. The lowest BCUT2D eigenvalue weighted by Crippen LogP contribution is -2.20. The van der Waals surface area contributed by atoms with Gasteiger partial charge in [0.1, 0.15) is 12.0 Å². The quantitative estimate of drug-likeness (QED) is 0.791. The second-order valence-corrected chi connectivity index (χ2v) is 4.47. The summed E-state index contributed by atoms with van der Waals surface area (Å²) in [6, 6.07) is 12.6. The molecule has 2 rings (SSSR count). The van der Waals surface area contributed by atoms with E-state index in [0.717, 1.165) is 6.29 Å². The molecule has 2 aromatic carbocycles. The van der Waals surface area contributed by atoms with Gasteiger partial charge >= 0.3 is 0 Å². The van der Waals surface area contributed by atoms with Crippen LogP contribution in [0.25, 0.3) is 0 Å². The number of nitrogens with two attached hydrogens (primary N) is 1. The zero-order valence-corrected chi connectivity index (χ0v) is 11.6. The highest BCUT2D eigenvalue weighted by Crippen LogP contribution is 2.12. The van der Waals surface area contributed by atoms with E-state index < -0.39 is 5.91 Å². The van der Waals surface area contributed by atoms with Gasteiger partial charge in [-0.1, -0.05) is 0 Å². The normalized spacial score (nSPS) is 9.82. The Morgan fingerprint density at radius 1 is 1.05 bits per heavy atom. The van der Waals surface area contributed by atoms with Gasteiger partial charge in [0, 0.05) is 16.8 Å². The van der Waals surface area contributed by atoms with Crippen molar-refractivity contribution in [2.45, 2.75) is 0 Å². The molecule has 0 fully saturated rings. The van der Waals surface area contributed by atoms with Crippen LogP contribution in [0.5, 0.6) is 5.75 Å². The Morgan fingerprint density at radius 3 is 2.23 bits per heavy atom. The van der Waals surface area contributed by atoms with E-state index in [1.54, 1.807) is 36.4 Å². The minimum Gasteiger partial charge on any atom is -0.484 e. The third kappa shape index (κ3) is 4.17. The van der Waals surface area contributed by atoms with Crippen LogP contribution in [0.15, 0.2) is 48.5 Å². The summed E-state index contributed by atoms with van der Waals surface area (Å²) in [5, 5.41) is 2.63. The van der Waals surface area contributed by atoms with Gasteiger partial charge in [-0.3, -0.25) is 14.4 Å². The zero-order chi connectivity index (χ0) is 15.9. The Morgan fingerprint density at radius 2 is 1.68 bits per heavy atom. The molecule has 2 amide bonds. The van der Waals surface area contributed by atoms with Crippen molar-refractivity contribution in [1.82, 2.24) is 0 Å². The molecule has 0 saturated heterocycles. The predicted octanol–water partition coefficient (Wildman–Crippen LogP) is 1.62. The Bertz CT molecular complexity index is 678. The highest BCUT2D eigenvalue weighted by Gasteiger charge is 2.05. The van der Waals surface area contributed by atoms with Crippen molar-refractivity contribution in [2.24, 2.45) is 5.73 Å². The molecule has 6 heteroatoms. The number of hydrogen-bond donors (Lipinski definition) is 2. The van der Waals surface area contributed by atoms with Crippen molar-refractivity contribution in [3.63, 3.8) is 0 Å². The van der Waals surface area contributed by atoms with Crippen LogP contribution in [0.2, 0.25) is 0 Å². The number of anilines is 1. The van der Waals surface area contributed by atoms with Crippen LogP contribution in [-0.2, 0) is 4.79 Å². The van der Waals surface area contributed by atoms with Crippen molar-refractivity contribution >= 4 is 23.8 Å². The van der Waals surface area contributed by atoms with Crippen molar-refractivity contribution in [2.75, 3.05) is 11.9 Å². The SMILES string of the molecule is NC(=O)c1ccc(NC(=O)COc2ccc(C=O)cc2)cc1. The average molecular weight is 298 g/mol. The average Bonchev–Trinajstić information content (AvgIpc) is 2.54. The van der Waals surface area contributed by atoms with Crippen molar-refractivity contribution < 1.29 is 19.1 Å². The van der Waals surface area contributed by atoms with E-state index in [9.17, 15) is 14.4 Å². The zero-order valence-electron chi connectivity index (χ0n) is 11.6. The van der Waals surface area contributed by atoms with Crippen molar-refractivity contribution in [3.05, 3.63) is 59.7 Å². The van der Waals surface area contributed by atoms with Crippen LogP contribution in [0.1, 0.15) is 20.7 Å². The number of aldehydes is 1. The molecule has 0 aromatic heterocycles. The standard InChI is InChI=1S/C16H14N2O4/c17-16(21)12-3-5-13(6-4-12)18-15(20)10-22-14-7-1-11(9-19)2-8-14/h1-9H,10H2,(H2,17,21)(H,18,20). The summed E-state index contributed by atoms with van der Waals surface area (Å²) in [6.45, 7) is -0.169. The number of rotatable bonds is 6. The molecule has 3 N–H and O–H groups in total. The number of primary amides is 1. The summed E-state index contributed by atoms with van der Waals surface area (Å²) in [6.07, 6.45) is 0.728. The second kappa shape index (κ2) is 7.03. The fraction of sp³-hybridized carbons (Fsp3) is 0.0625. The maximum atomic E-state index is 11.7. The van der Waals surface area contributed by atoms with Gasteiger partial charge in [-0.15, -0.1) is 0 Å². The van der Waals surface area contributed by atoms with E-state index in [1.807, 2.05) is 0 Å². The van der Waals surface area contributed by atoms with E-state index in [-0.39, 0.29) is 12.5 Å². The van der Waals surface area contributed by atoms with Crippen LogP contribution < -0.4 is 15.8 Å². The lowest BCUT2D eigenvalue weighted by Gasteiger charge is -2.08. The molecule has 0 spiro atoms. The van der Waals surface area contributed by atoms with Gasteiger partial charge in [0.25, 0.3) is 5.91 Å². The second-order valence-electron chi connectivity index (χ2n) is 4.47. The van der Waals surface area contributed by atoms with Crippen LogP contribution in [0.3, 0.4) is 0 Å². The molecule has 2 aromatic rings. The van der Waals surface area contributed by atoms with Crippen LogP contribution in [0, 0.1) is 0 Å². The summed E-state index contributed by atoms with van der Waals surface area (Å²) >= 11 is 0. The molecule has 0 unspecified atom stereocenters. The topological polar surface area (TPSA) is 98.5 Å². The summed E-state index contributed by atoms with van der Waals surface area (Å²) in [5.74, 6) is -0.379. The van der Waals surface area contributed by atoms with Gasteiger partial charge in [-0.25, -0.2) is 0 Å². The minimum absolute atomic E-state index is 0.169. The molecule has 0 bridgehead atoms. The number of benzene rings is 2. The molecule has 0 aliphatic carbocycles. The smallest absolute Gasteiger partial charge is 0.262 e. The van der Waals surface area contributed by atoms with E-state index in [4.69, 9.17) is 10.5 Å². The molecular weight excluding hydrogens is 284 g/mol. The Hall–Kier alpha value is -3.15. The summed E-state index contributed by atoms with van der Waals surface area (Å²) < 4.78 is 5.30. The molecular formula is C16H14N2O4. The summed E-state index contributed by atoms with van der Waals surface area (Å²) in [4.78, 5) is 33.2. The third-order valence-corrected chi connectivity index (χ3v) is 2.84. The van der Waals surface area contributed by atoms with E-state index in [1.165, 1.54) is 12.1 Å². The number of nitrogens with one attached hydrogen (secondary N) is 1. The summed E-state index contributed by atoms with van der Waals surface area (Å²) in [7, 11) is 0. The van der Waals surface area contributed by atoms with Gasteiger partial charge in [0.05, 0.1) is 0 Å². The van der Waals surface area contributed by atoms with Gasteiger partial charge in [-0.2, -0.15) is 0 Å². The fourth-order valence-corrected chi connectivity index (χ4v) is 1.71. The fourth-order valence-electron chi connectivity index (χ4n) is 1.71. The predicted molar refractivity (Wildman–Crippen MR) is 80.9 cm³/mol. The van der Waals surface area contributed by atoms with Crippen LogP contribution >= 0.6 is 0 Å². The molecule has 6 nitrogen and oxygen atoms in total. The first-order chi connectivity index (χ1) is 10.6. The Balaban J connectivity index is 1.86. The number of carbonyl (C=O) groups is 3. The monoisotopic (exact) mass is 298 g/mol. The molecule has 0 heterocycles. The maximum Gasteiger partial charge on any atom is 0.262 e. The van der Waals surface area contributed by atoms with E-state index >= 15 is 0 Å². The third-order valence-electron chi connectivity index (χ3n) is 2.84. The lowest BCUT2D eigenvalue weighted by atomic mass is 10.2. The molecule has 0 aliphatic rings. The Labute approximate surface area is 126 Å². The molecule has 22 heavy (non-hydrogen) atoms. The van der Waals surface area contributed by atoms with Crippen molar-refractivity contribution in [3.8, 4) is 5.75 Å². The first-order valence-corrected chi connectivity index (χ1v) is 6.46. The highest BCUT2D eigenvalue weighted by molar-refractivity contribution is 5.95. The van der Waals surface area contributed by atoms with E-state index in [2.05, 4.69) is 5.32 Å². The van der Waals surface area contributed by atoms with Gasteiger partial charge in [-0.05, 0) is 48.5 Å². The molecule has 0 saturated carbocycles. The van der Waals surface area contributed by atoms with Gasteiger partial charge in [0.15, 0.2) is 6.61 Å². The highest BCUT2D eigenvalue weighted by atomic mass is 16.5. The van der Waals surface area contributed by atoms with Crippen LogP contribution in [-0.4, -0.2) is 24.7 Å². The first-order valence-electron chi connectivity index (χ1n) is 6.46. The largest absolute Gasteiger partial charge is 0.484 e. The lowest BCUT2D eigenvalue weighted by molar-refractivity contribution is -0.118. The molecule has 0 radical (unpaired) electrons. The number of hydrogen-bond acceptors (Lipinski definition) is 4. The van der Waals surface area contributed by atoms with Gasteiger partial charge in [0.2, 0.25) is 5.91 Å². The molecule has 0 atom stereocenters.